The summed E-state index contributed by atoms with van der Waals surface area (Å²) >= 11 is -1.29. The molecule has 0 saturated carbocycles. The third-order valence-electron chi connectivity index (χ3n) is 0. The van der Waals surface area contributed by atoms with Gasteiger partial charge in [0, 0.05) is 0 Å². The Balaban J connectivity index is 4.65. The summed E-state index contributed by atoms with van der Waals surface area (Å²) < 4.78 is 10.8. The predicted octanol–water partition coefficient (Wildman–Crippen LogP) is -0.0994. The molecule has 0 N–H and O–H groups in total. The third kappa shape index (κ3) is 22.9. The molecule has 0 bridgehead atoms. The SMILES string of the molecule is [CH2]=[Zr](=[CH2])=[CH2]. The molecule has 1 heteroatoms. The van der Waals surface area contributed by atoms with Gasteiger partial charge in [-0.3, -0.25) is 0 Å². The fraction of sp³-hybridized carbons (Fsp3) is 0. The van der Waals surface area contributed by atoms with Gasteiger partial charge < -0.3 is 0 Å². The van der Waals surface area contributed by atoms with Crippen LogP contribution in [0.2, 0.25) is 0 Å². The van der Waals surface area contributed by atoms with Gasteiger partial charge in [0.1, 0.15) is 0 Å². The second-order valence-electron chi connectivity index (χ2n) is 0.750. The molecule has 0 saturated heterocycles. The van der Waals surface area contributed by atoms with E-state index in [2.05, 4.69) is 12.6 Å². The molecule has 4 heavy (non-hydrogen) atoms. The van der Waals surface area contributed by atoms with Crippen LogP contribution in [-0.4, -0.2) is 12.6 Å². The first-order valence-electron chi connectivity index (χ1n) is 1.06. The van der Waals surface area contributed by atoms with Crippen molar-refractivity contribution in [3.63, 3.8) is 0 Å². The van der Waals surface area contributed by atoms with E-state index in [9.17, 15) is 0 Å². The average molecular weight is 133 g/mol. The van der Waals surface area contributed by atoms with Crippen LogP contribution in [0, 0.1) is 0 Å². The van der Waals surface area contributed by atoms with E-state index >= 15 is 0 Å². The van der Waals surface area contributed by atoms with Crippen molar-refractivity contribution in [3.05, 3.63) is 0 Å². The fourth-order valence-electron chi connectivity index (χ4n) is 0. The third-order valence-corrected chi connectivity index (χ3v) is 0. The van der Waals surface area contributed by atoms with Gasteiger partial charge in [-0.1, -0.05) is 0 Å². The molecule has 0 aliphatic rings. The zero-order valence-electron chi connectivity index (χ0n) is 2.62. The fourth-order valence-corrected chi connectivity index (χ4v) is 0. The maximum atomic E-state index is 3.61. The quantitative estimate of drug-likeness (QED) is 0.433. The summed E-state index contributed by atoms with van der Waals surface area (Å²) in [5.41, 5.74) is 0. The van der Waals surface area contributed by atoms with E-state index in [1.54, 1.807) is 0 Å². The Morgan fingerprint density at radius 2 is 1.00 bits per heavy atom. The standard InChI is InChI=1S/3CH2.Zr/h3*1H2;. The van der Waals surface area contributed by atoms with Crippen LogP contribution < -0.4 is 0 Å². The van der Waals surface area contributed by atoms with E-state index in [4.69, 9.17) is 0 Å². The van der Waals surface area contributed by atoms with Gasteiger partial charge >= 0.3 is 32.9 Å². The van der Waals surface area contributed by atoms with E-state index in [1.165, 1.54) is 0 Å². The molecule has 0 aromatic heterocycles. The number of hydrogen-bond acceptors (Lipinski definition) is 0. The van der Waals surface area contributed by atoms with Crippen LogP contribution in [-0.2, 0) is 20.3 Å². The monoisotopic (exact) mass is 132 g/mol. The van der Waals surface area contributed by atoms with Crippen molar-refractivity contribution in [3.8, 4) is 0 Å². The van der Waals surface area contributed by atoms with Crippen molar-refractivity contribution in [2.45, 2.75) is 0 Å². The molecule has 0 atom stereocenters. The van der Waals surface area contributed by atoms with Crippen molar-refractivity contribution < 1.29 is 20.3 Å². The molecule has 0 fully saturated rings. The minimum absolute atomic E-state index is 1.29. The molecular formula is C3H6Zr. The zero-order valence-corrected chi connectivity index (χ0v) is 5.08. The van der Waals surface area contributed by atoms with Crippen molar-refractivity contribution in [1.82, 2.24) is 0 Å². The summed E-state index contributed by atoms with van der Waals surface area (Å²) in [6.07, 6.45) is 0. The summed E-state index contributed by atoms with van der Waals surface area (Å²) in [7, 11) is 0. The molecule has 22 valence electrons. The van der Waals surface area contributed by atoms with E-state index in [0.29, 0.717) is 0 Å². The first-order chi connectivity index (χ1) is 1.73. The molecule has 0 unspecified atom stereocenters. The molecule has 0 rings (SSSR count). The van der Waals surface area contributed by atoms with E-state index in [1.807, 2.05) is 0 Å². The van der Waals surface area contributed by atoms with Crippen LogP contribution >= 0.6 is 0 Å². The Bertz CT molecular complexity index is 72.7. The van der Waals surface area contributed by atoms with Crippen molar-refractivity contribution in [2.75, 3.05) is 0 Å². The molecular weight excluding hydrogens is 127 g/mol. The molecule has 0 radical (unpaired) electrons. The first-order valence-corrected chi connectivity index (χ1v) is 6.27. The van der Waals surface area contributed by atoms with E-state index < -0.39 is 20.3 Å². The molecule has 0 aromatic carbocycles. The van der Waals surface area contributed by atoms with Gasteiger partial charge in [0.2, 0.25) is 0 Å². The van der Waals surface area contributed by atoms with Crippen molar-refractivity contribution in [1.29, 1.82) is 0 Å². The molecule has 0 aliphatic carbocycles. The van der Waals surface area contributed by atoms with Crippen LogP contribution in [0.4, 0.5) is 0 Å². The summed E-state index contributed by atoms with van der Waals surface area (Å²) in [6.45, 7) is 0. The maximum absolute atomic E-state index is 3.61. The van der Waals surface area contributed by atoms with Gasteiger partial charge in [0.05, 0.1) is 0 Å². The van der Waals surface area contributed by atoms with Gasteiger partial charge in [-0.05, 0) is 0 Å². The number of rotatable bonds is 0. The Labute approximate surface area is 33.2 Å². The van der Waals surface area contributed by atoms with Crippen LogP contribution in [0.5, 0.6) is 0 Å². The predicted molar refractivity (Wildman–Crippen MR) is 21.4 cm³/mol. The van der Waals surface area contributed by atoms with E-state index in [-0.39, 0.29) is 0 Å². The Hall–Kier alpha value is 0.493. The molecule has 0 spiro atoms. The van der Waals surface area contributed by atoms with Gasteiger partial charge in [-0.15, -0.1) is 0 Å². The minimum atomic E-state index is -1.29. The molecule has 0 heterocycles. The molecule has 0 nitrogen and oxygen atoms in total. The van der Waals surface area contributed by atoms with Crippen LogP contribution in [0.15, 0.2) is 0 Å². The average Bonchev–Trinajstić information content (AvgIpc) is 0.811. The number of hydrogen-bond donors (Lipinski definition) is 0. The van der Waals surface area contributed by atoms with Gasteiger partial charge in [-0.2, -0.15) is 0 Å². The molecule has 0 aromatic rings. The molecule has 0 amide bonds. The van der Waals surface area contributed by atoms with Gasteiger partial charge in [0.15, 0.2) is 0 Å². The van der Waals surface area contributed by atoms with Gasteiger partial charge in [0.25, 0.3) is 0 Å². The molecule has 0 aliphatic heterocycles. The van der Waals surface area contributed by atoms with Crippen molar-refractivity contribution >= 4 is 12.6 Å². The zero-order chi connectivity index (χ0) is 3.58. The van der Waals surface area contributed by atoms with Crippen molar-refractivity contribution in [2.24, 2.45) is 0 Å². The second-order valence-corrected chi connectivity index (χ2v) is 4.44. The normalized spacial score (nSPS) is 3.75. The summed E-state index contributed by atoms with van der Waals surface area (Å²) in [5, 5.41) is 0. The van der Waals surface area contributed by atoms with Crippen LogP contribution in [0.25, 0.3) is 0 Å². The second kappa shape index (κ2) is 1.78. The Kier molecular flexibility index (Phi) is 2.00. The van der Waals surface area contributed by atoms with Gasteiger partial charge in [-0.25, -0.2) is 0 Å². The summed E-state index contributed by atoms with van der Waals surface area (Å²) in [4.78, 5) is 0. The van der Waals surface area contributed by atoms with Crippen LogP contribution in [0.3, 0.4) is 0 Å². The van der Waals surface area contributed by atoms with Crippen LogP contribution in [0.1, 0.15) is 0 Å². The Morgan fingerprint density at radius 3 is 1.00 bits per heavy atom. The van der Waals surface area contributed by atoms with E-state index in [0.717, 1.165) is 0 Å². The first kappa shape index (κ1) is 4.49. The summed E-state index contributed by atoms with van der Waals surface area (Å²) in [6, 6.07) is 0. The topological polar surface area (TPSA) is 0 Å². The Morgan fingerprint density at radius 1 is 1.00 bits per heavy atom. The summed E-state index contributed by atoms with van der Waals surface area (Å²) in [5.74, 6) is 0.